The lowest BCUT2D eigenvalue weighted by Crippen LogP contribution is -2.01. The number of aryl methyl sites for hydroxylation is 1. The highest BCUT2D eigenvalue weighted by Gasteiger charge is 2.11. The third-order valence-corrected chi connectivity index (χ3v) is 4.60. The maximum atomic E-state index is 5.88. The van der Waals surface area contributed by atoms with Crippen molar-refractivity contribution in [3.05, 3.63) is 30.1 Å². The first-order valence-electron chi connectivity index (χ1n) is 5.72. The van der Waals surface area contributed by atoms with Gasteiger partial charge in [0.15, 0.2) is 5.16 Å². The fourth-order valence-corrected chi connectivity index (χ4v) is 3.45. The average molecular weight is 280 g/mol. The summed E-state index contributed by atoms with van der Waals surface area (Å²) in [5.41, 5.74) is 7.07. The highest BCUT2D eigenvalue weighted by molar-refractivity contribution is 8.00. The summed E-state index contributed by atoms with van der Waals surface area (Å²) in [6.07, 6.45) is 1.70. The van der Waals surface area contributed by atoms with Gasteiger partial charge in [0, 0.05) is 23.4 Å². The van der Waals surface area contributed by atoms with Crippen LogP contribution in [0.1, 0.15) is 12.5 Å². The van der Waals surface area contributed by atoms with E-state index in [2.05, 4.69) is 35.3 Å². The summed E-state index contributed by atoms with van der Waals surface area (Å²) in [4.78, 5) is 2.42. The minimum atomic E-state index is 0.545. The van der Waals surface area contributed by atoms with Crippen LogP contribution in [0.4, 0.5) is 0 Å². The Hall–Kier alpha value is -0.980. The highest BCUT2D eigenvalue weighted by atomic mass is 32.2. The van der Waals surface area contributed by atoms with E-state index in [-0.39, 0.29) is 0 Å². The maximum Gasteiger partial charge on any atom is 0.195 e. The molecule has 0 aliphatic carbocycles. The first-order chi connectivity index (χ1) is 8.76. The normalized spacial score (nSPS) is 10.8. The van der Waals surface area contributed by atoms with E-state index in [9.17, 15) is 0 Å². The molecule has 0 saturated carbocycles. The first kappa shape index (κ1) is 13.5. The van der Waals surface area contributed by atoms with Crippen LogP contribution in [0.5, 0.6) is 0 Å². The zero-order valence-corrected chi connectivity index (χ0v) is 12.1. The van der Waals surface area contributed by atoms with E-state index in [1.165, 1.54) is 10.5 Å². The number of nitrogens with two attached hydrogens (primary N) is 1. The van der Waals surface area contributed by atoms with Crippen LogP contribution in [-0.4, -0.2) is 20.5 Å². The summed E-state index contributed by atoms with van der Waals surface area (Å²) in [7, 11) is 1.94. The summed E-state index contributed by atoms with van der Waals surface area (Å²) < 4.78 is 1.91. The molecule has 18 heavy (non-hydrogen) atoms. The molecule has 2 N–H and O–H groups in total. The van der Waals surface area contributed by atoms with Crippen LogP contribution in [0.2, 0.25) is 0 Å². The van der Waals surface area contributed by atoms with Crippen molar-refractivity contribution in [2.24, 2.45) is 12.8 Å². The second kappa shape index (κ2) is 6.26. The first-order valence-corrected chi connectivity index (χ1v) is 7.53. The van der Waals surface area contributed by atoms with Gasteiger partial charge in [-0.2, -0.15) is 0 Å². The van der Waals surface area contributed by atoms with Crippen LogP contribution in [0.25, 0.3) is 0 Å². The zero-order chi connectivity index (χ0) is 13.0. The van der Waals surface area contributed by atoms with E-state index in [4.69, 9.17) is 5.73 Å². The summed E-state index contributed by atoms with van der Waals surface area (Å²) >= 11 is 3.43. The van der Waals surface area contributed by atoms with Gasteiger partial charge < -0.3 is 10.3 Å². The smallest absolute Gasteiger partial charge is 0.195 e. The van der Waals surface area contributed by atoms with Crippen molar-refractivity contribution in [2.75, 3.05) is 5.75 Å². The molecular formula is C12H16N4S2. The Morgan fingerprint density at radius 2 is 2.11 bits per heavy atom. The van der Waals surface area contributed by atoms with E-state index in [0.29, 0.717) is 6.54 Å². The molecule has 6 heteroatoms. The molecule has 1 aromatic carbocycles. The van der Waals surface area contributed by atoms with Crippen LogP contribution in [0.15, 0.2) is 39.5 Å². The van der Waals surface area contributed by atoms with Gasteiger partial charge in [0.25, 0.3) is 0 Å². The van der Waals surface area contributed by atoms with Crippen LogP contribution >= 0.6 is 23.5 Å². The molecule has 0 saturated heterocycles. The van der Waals surface area contributed by atoms with Crippen LogP contribution in [-0.2, 0) is 13.6 Å². The Balaban J connectivity index is 2.32. The average Bonchev–Trinajstić information content (AvgIpc) is 2.76. The molecule has 4 nitrogen and oxygen atoms in total. The molecule has 0 fully saturated rings. The van der Waals surface area contributed by atoms with Crippen molar-refractivity contribution < 1.29 is 0 Å². The molecule has 2 aromatic rings. The fourth-order valence-electron chi connectivity index (χ4n) is 1.60. The van der Waals surface area contributed by atoms with Gasteiger partial charge in [0.05, 0.1) is 0 Å². The van der Waals surface area contributed by atoms with Crippen molar-refractivity contribution >= 4 is 23.5 Å². The number of rotatable bonds is 5. The van der Waals surface area contributed by atoms with Gasteiger partial charge in [-0.05, 0) is 35.2 Å². The molecule has 0 spiro atoms. The van der Waals surface area contributed by atoms with E-state index in [1.807, 2.05) is 23.4 Å². The molecule has 0 unspecified atom stereocenters. The standard InChI is InChI=1S/C12H16N4S2/c1-3-17-10-5-4-6-11(9(10)7-13)18-12-15-14-8-16(12)2/h4-6,8H,3,7,13H2,1-2H3. The molecule has 0 aliphatic heterocycles. The molecule has 0 amide bonds. The summed E-state index contributed by atoms with van der Waals surface area (Å²) in [6, 6.07) is 6.27. The van der Waals surface area contributed by atoms with E-state index >= 15 is 0 Å². The number of hydrogen-bond acceptors (Lipinski definition) is 5. The molecule has 0 radical (unpaired) electrons. The maximum absolute atomic E-state index is 5.88. The van der Waals surface area contributed by atoms with Crippen molar-refractivity contribution in [3.8, 4) is 0 Å². The molecule has 0 atom stereocenters. The predicted octanol–water partition coefficient (Wildman–Crippen LogP) is 2.54. The summed E-state index contributed by atoms with van der Waals surface area (Å²) in [6.45, 7) is 2.69. The predicted molar refractivity (Wildman–Crippen MR) is 75.9 cm³/mol. The molecule has 0 bridgehead atoms. The lowest BCUT2D eigenvalue weighted by molar-refractivity contribution is 0.787. The van der Waals surface area contributed by atoms with Gasteiger partial charge in [-0.3, -0.25) is 0 Å². The number of benzene rings is 1. The largest absolute Gasteiger partial charge is 0.326 e. The second-order valence-corrected chi connectivity index (χ2v) is 6.01. The van der Waals surface area contributed by atoms with Gasteiger partial charge in [-0.1, -0.05) is 13.0 Å². The van der Waals surface area contributed by atoms with E-state index in [1.54, 1.807) is 18.1 Å². The van der Waals surface area contributed by atoms with E-state index in [0.717, 1.165) is 15.8 Å². The summed E-state index contributed by atoms with van der Waals surface area (Å²) in [5.74, 6) is 1.05. The Labute approximate surface area is 115 Å². The van der Waals surface area contributed by atoms with Gasteiger partial charge in [0.1, 0.15) is 6.33 Å². The van der Waals surface area contributed by atoms with Gasteiger partial charge in [0.2, 0.25) is 0 Å². The van der Waals surface area contributed by atoms with Crippen LogP contribution < -0.4 is 5.73 Å². The number of thioether (sulfide) groups is 1. The monoisotopic (exact) mass is 280 g/mol. The number of nitrogens with zero attached hydrogens (tertiary/aromatic N) is 3. The molecular weight excluding hydrogens is 264 g/mol. The van der Waals surface area contributed by atoms with Crippen molar-refractivity contribution in [2.45, 2.75) is 28.4 Å². The third-order valence-electron chi connectivity index (χ3n) is 2.47. The highest BCUT2D eigenvalue weighted by Crippen LogP contribution is 2.34. The molecule has 0 aliphatic rings. The van der Waals surface area contributed by atoms with Crippen molar-refractivity contribution in [3.63, 3.8) is 0 Å². The quantitative estimate of drug-likeness (QED) is 0.853. The number of aromatic nitrogens is 3. The minimum Gasteiger partial charge on any atom is -0.326 e. The fraction of sp³-hybridized carbons (Fsp3) is 0.333. The SMILES string of the molecule is CCSc1cccc(Sc2nncn2C)c1CN. The number of hydrogen-bond donors (Lipinski definition) is 1. The topological polar surface area (TPSA) is 56.7 Å². The molecule has 1 aromatic heterocycles. The van der Waals surface area contributed by atoms with Gasteiger partial charge in [-0.25, -0.2) is 0 Å². The van der Waals surface area contributed by atoms with E-state index < -0.39 is 0 Å². The van der Waals surface area contributed by atoms with Crippen LogP contribution in [0, 0.1) is 0 Å². The second-order valence-electron chi connectivity index (χ2n) is 3.70. The van der Waals surface area contributed by atoms with Gasteiger partial charge >= 0.3 is 0 Å². The lowest BCUT2D eigenvalue weighted by Gasteiger charge is -2.11. The zero-order valence-electron chi connectivity index (χ0n) is 10.5. The Kier molecular flexibility index (Phi) is 4.68. The molecule has 2 rings (SSSR count). The minimum absolute atomic E-state index is 0.545. The Morgan fingerprint density at radius 3 is 2.72 bits per heavy atom. The lowest BCUT2D eigenvalue weighted by atomic mass is 10.2. The summed E-state index contributed by atoms with van der Waals surface area (Å²) in [5, 5.41) is 8.86. The van der Waals surface area contributed by atoms with Crippen molar-refractivity contribution in [1.29, 1.82) is 0 Å². The Morgan fingerprint density at radius 1 is 1.33 bits per heavy atom. The van der Waals surface area contributed by atoms with Crippen molar-refractivity contribution in [1.82, 2.24) is 14.8 Å². The Bertz CT molecular complexity index is 525. The molecule has 1 heterocycles. The van der Waals surface area contributed by atoms with Crippen LogP contribution in [0.3, 0.4) is 0 Å². The molecule has 96 valence electrons. The van der Waals surface area contributed by atoms with Gasteiger partial charge in [-0.15, -0.1) is 22.0 Å². The third kappa shape index (κ3) is 2.88.